The first kappa shape index (κ1) is 14.6. The standard InChI is InChI=1S/C16H16BrClO/c1-9-4-5-12(17)8-14(9)16(19)13-6-11(3)15(18)7-10(13)2/h4-8,16,19H,1-3H3. The predicted molar refractivity (Wildman–Crippen MR) is 83.9 cm³/mol. The third kappa shape index (κ3) is 3.02. The van der Waals surface area contributed by atoms with E-state index in [1.165, 1.54) is 0 Å². The Kier molecular flexibility index (Phi) is 4.34. The fourth-order valence-electron chi connectivity index (χ4n) is 2.17. The molecule has 0 heterocycles. The molecule has 2 aromatic carbocycles. The molecule has 0 aliphatic carbocycles. The minimum absolute atomic E-state index is 0.631. The lowest BCUT2D eigenvalue weighted by molar-refractivity contribution is 0.218. The maximum absolute atomic E-state index is 10.6. The summed E-state index contributed by atoms with van der Waals surface area (Å²) in [5.41, 5.74) is 4.88. The summed E-state index contributed by atoms with van der Waals surface area (Å²) < 4.78 is 0.968. The summed E-state index contributed by atoms with van der Waals surface area (Å²) in [5.74, 6) is 0. The van der Waals surface area contributed by atoms with E-state index in [1.54, 1.807) is 0 Å². The van der Waals surface area contributed by atoms with E-state index in [1.807, 2.05) is 51.1 Å². The Morgan fingerprint density at radius 2 is 1.58 bits per heavy atom. The molecule has 3 heteroatoms. The van der Waals surface area contributed by atoms with Crippen LogP contribution in [0.3, 0.4) is 0 Å². The molecule has 0 fully saturated rings. The normalized spacial score (nSPS) is 12.5. The number of hydrogen-bond donors (Lipinski definition) is 1. The van der Waals surface area contributed by atoms with Crippen molar-refractivity contribution in [3.63, 3.8) is 0 Å². The molecule has 1 atom stereocenters. The highest BCUT2D eigenvalue weighted by atomic mass is 79.9. The van der Waals surface area contributed by atoms with Gasteiger partial charge >= 0.3 is 0 Å². The second kappa shape index (κ2) is 5.66. The van der Waals surface area contributed by atoms with Crippen LogP contribution in [-0.2, 0) is 0 Å². The van der Waals surface area contributed by atoms with E-state index in [2.05, 4.69) is 15.9 Å². The second-order valence-corrected chi connectivity index (χ2v) is 6.18. The van der Waals surface area contributed by atoms with Crippen molar-refractivity contribution < 1.29 is 5.11 Å². The molecule has 0 aliphatic heterocycles. The van der Waals surface area contributed by atoms with Crippen LogP contribution >= 0.6 is 27.5 Å². The number of aliphatic hydroxyl groups is 1. The van der Waals surface area contributed by atoms with Gasteiger partial charge in [0.05, 0.1) is 0 Å². The number of aryl methyl sites for hydroxylation is 3. The molecule has 0 saturated heterocycles. The average Bonchev–Trinajstić information content (AvgIpc) is 2.36. The van der Waals surface area contributed by atoms with Crippen LogP contribution in [0.4, 0.5) is 0 Å². The van der Waals surface area contributed by atoms with Crippen molar-refractivity contribution in [3.05, 3.63) is 67.6 Å². The second-order valence-electron chi connectivity index (χ2n) is 4.86. The topological polar surface area (TPSA) is 20.2 Å². The minimum Gasteiger partial charge on any atom is -0.384 e. The molecule has 19 heavy (non-hydrogen) atoms. The van der Waals surface area contributed by atoms with Crippen molar-refractivity contribution in [1.29, 1.82) is 0 Å². The summed E-state index contributed by atoms with van der Waals surface area (Å²) in [6, 6.07) is 9.81. The third-order valence-electron chi connectivity index (χ3n) is 3.38. The molecule has 0 bridgehead atoms. The van der Waals surface area contributed by atoms with E-state index in [0.29, 0.717) is 0 Å². The largest absolute Gasteiger partial charge is 0.384 e. The van der Waals surface area contributed by atoms with Crippen LogP contribution in [0.5, 0.6) is 0 Å². The van der Waals surface area contributed by atoms with E-state index in [0.717, 1.165) is 37.3 Å². The lowest BCUT2D eigenvalue weighted by atomic mass is 9.93. The average molecular weight is 340 g/mol. The van der Waals surface area contributed by atoms with E-state index in [4.69, 9.17) is 11.6 Å². The van der Waals surface area contributed by atoms with Gasteiger partial charge in [-0.15, -0.1) is 0 Å². The van der Waals surface area contributed by atoms with Crippen LogP contribution in [0.25, 0.3) is 0 Å². The summed E-state index contributed by atoms with van der Waals surface area (Å²) >= 11 is 9.55. The monoisotopic (exact) mass is 338 g/mol. The van der Waals surface area contributed by atoms with Crippen molar-refractivity contribution in [2.24, 2.45) is 0 Å². The van der Waals surface area contributed by atoms with Crippen molar-refractivity contribution in [2.75, 3.05) is 0 Å². The Labute approximate surface area is 127 Å². The highest BCUT2D eigenvalue weighted by molar-refractivity contribution is 9.10. The molecule has 0 aromatic heterocycles. The van der Waals surface area contributed by atoms with E-state index in [-0.39, 0.29) is 0 Å². The first-order chi connectivity index (χ1) is 8.90. The van der Waals surface area contributed by atoms with E-state index in [9.17, 15) is 5.11 Å². The molecular formula is C16H16BrClO. The smallest absolute Gasteiger partial charge is 0.105 e. The fourth-order valence-corrected chi connectivity index (χ4v) is 2.77. The van der Waals surface area contributed by atoms with Gasteiger partial charge in [0.25, 0.3) is 0 Å². The summed E-state index contributed by atoms with van der Waals surface area (Å²) in [4.78, 5) is 0. The van der Waals surface area contributed by atoms with Crippen molar-refractivity contribution in [2.45, 2.75) is 26.9 Å². The summed E-state index contributed by atoms with van der Waals surface area (Å²) in [5, 5.41) is 11.4. The fraction of sp³-hybridized carbons (Fsp3) is 0.250. The SMILES string of the molecule is Cc1cc(C(O)c2cc(Br)ccc2C)c(C)cc1Cl. The first-order valence-electron chi connectivity index (χ1n) is 6.11. The van der Waals surface area contributed by atoms with Gasteiger partial charge in [-0.1, -0.05) is 39.7 Å². The maximum Gasteiger partial charge on any atom is 0.105 e. The first-order valence-corrected chi connectivity index (χ1v) is 7.28. The summed E-state index contributed by atoms with van der Waals surface area (Å²) in [6.45, 7) is 5.92. The highest BCUT2D eigenvalue weighted by Gasteiger charge is 2.16. The Morgan fingerprint density at radius 3 is 2.26 bits per heavy atom. The van der Waals surface area contributed by atoms with Crippen LogP contribution in [0, 0.1) is 20.8 Å². The number of halogens is 2. The Bertz CT molecular complexity index is 622. The molecule has 1 nitrogen and oxygen atoms in total. The van der Waals surface area contributed by atoms with Gasteiger partial charge in [0.15, 0.2) is 0 Å². The van der Waals surface area contributed by atoms with E-state index < -0.39 is 6.10 Å². The molecule has 2 aromatic rings. The molecule has 0 aliphatic rings. The van der Waals surface area contributed by atoms with Crippen molar-refractivity contribution in [1.82, 2.24) is 0 Å². The molecule has 1 N–H and O–H groups in total. The quantitative estimate of drug-likeness (QED) is 0.806. The zero-order valence-corrected chi connectivity index (χ0v) is 13.5. The Hall–Kier alpha value is -0.830. The molecule has 100 valence electrons. The number of rotatable bonds is 2. The zero-order valence-electron chi connectivity index (χ0n) is 11.2. The van der Waals surface area contributed by atoms with Crippen LogP contribution in [-0.4, -0.2) is 5.11 Å². The molecule has 2 rings (SSSR count). The van der Waals surface area contributed by atoms with Crippen LogP contribution in [0.1, 0.15) is 33.9 Å². The third-order valence-corrected chi connectivity index (χ3v) is 4.28. The molecule has 1 unspecified atom stereocenters. The van der Waals surface area contributed by atoms with Crippen LogP contribution in [0.2, 0.25) is 5.02 Å². The van der Waals surface area contributed by atoms with Crippen molar-refractivity contribution >= 4 is 27.5 Å². The summed E-state index contributed by atoms with van der Waals surface area (Å²) in [7, 11) is 0. The van der Waals surface area contributed by atoms with Crippen molar-refractivity contribution in [3.8, 4) is 0 Å². The van der Waals surface area contributed by atoms with Gasteiger partial charge in [0, 0.05) is 9.50 Å². The van der Waals surface area contributed by atoms with Gasteiger partial charge in [-0.05, 0) is 66.8 Å². The minimum atomic E-state index is -0.631. The highest BCUT2D eigenvalue weighted by Crippen LogP contribution is 2.31. The lowest BCUT2D eigenvalue weighted by Crippen LogP contribution is -2.05. The molecule has 0 spiro atoms. The van der Waals surface area contributed by atoms with Crippen LogP contribution < -0.4 is 0 Å². The molecule has 0 radical (unpaired) electrons. The number of benzene rings is 2. The van der Waals surface area contributed by atoms with Crippen LogP contribution in [0.15, 0.2) is 34.8 Å². The Morgan fingerprint density at radius 1 is 0.947 bits per heavy atom. The van der Waals surface area contributed by atoms with Gasteiger partial charge in [-0.25, -0.2) is 0 Å². The van der Waals surface area contributed by atoms with Gasteiger partial charge in [0.1, 0.15) is 6.10 Å². The summed E-state index contributed by atoms with van der Waals surface area (Å²) in [6.07, 6.45) is -0.631. The molecule has 0 amide bonds. The number of hydrogen-bond acceptors (Lipinski definition) is 1. The number of aliphatic hydroxyl groups excluding tert-OH is 1. The van der Waals surface area contributed by atoms with E-state index >= 15 is 0 Å². The zero-order chi connectivity index (χ0) is 14.2. The lowest BCUT2D eigenvalue weighted by Gasteiger charge is -2.18. The molecular weight excluding hydrogens is 324 g/mol. The predicted octanol–water partition coefficient (Wildman–Crippen LogP) is 5.11. The van der Waals surface area contributed by atoms with Gasteiger partial charge in [-0.3, -0.25) is 0 Å². The van der Waals surface area contributed by atoms with Gasteiger partial charge in [-0.2, -0.15) is 0 Å². The van der Waals surface area contributed by atoms with Gasteiger partial charge in [0.2, 0.25) is 0 Å². The van der Waals surface area contributed by atoms with Gasteiger partial charge < -0.3 is 5.11 Å². The molecule has 0 saturated carbocycles. The maximum atomic E-state index is 10.6. The Balaban J connectivity index is 2.52.